The molecule has 156 valence electrons. The van der Waals surface area contributed by atoms with Gasteiger partial charge in [-0.25, -0.2) is 13.1 Å². The quantitative estimate of drug-likeness (QED) is 0.761. The Hall–Kier alpha value is -1.90. The number of sulfonamides is 1. The molecule has 0 spiro atoms. The number of hydrogen-bond acceptors (Lipinski definition) is 5. The summed E-state index contributed by atoms with van der Waals surface area (Å²) in [6.07, 6.45) is 0.380. The first-order chi connectivity index (χ1) is 13.3. The lowest BCUT2D eigenvalue weighted by Gasteiger charge is -2.48. The molecule has 3 rings (SSSR count). The highest BCUT2D eigenvalue weighted by Crippen LogP contribution is 2.34. The lowest BCUT2D eigenvalue weighted by Crippen LogP contribution is -2.67. The van der Waals surface area contributed by atoms with Crippen molar-refractivity contribution in [3.63, 3.8) is 0 Å². The molecule has 6 nitrogen and oxygen atoms in total. The van der Waals surface area contributed by atoms with Crippen LogP contribution < -0.4 is 4.72 Å². The van der Waals surface area contributed by atoms with Gasteiger partial charge < -0.3 is 4.90 Å². The van der Waals surface area contributed by atoms with Crippen LogP contribution in [0.1, 0.15) is 50.0 Å². The van der Waals surface area contributed by atoms with Crippen LogP contribution in [-0.2, 0) is 20.2 Å². The zero-order valence-corrected chi connectivity index (χ0v) is 19.0. The van der Waals surface area contributed by atoms with E-state index in [1.54, 1.807) is 19.1 Å². The van der Waals surface area contributed by atoms with E-state index in [0.717, 1.165) is 16.9 Å². The van der Waals surface area contributed by atoms with Crippen LogP contribution in [0.2, 0.25) is 4.34 Å². The van der Waals surface area contributed by atoms with E-state index in [-0.39, 0.29) is 15.5 Å². The Kier molecular flexibility index (Phi) is 5.57. The van der Waals surface area contributed by atoms with Gasteiger partial charge in [0.1, 0.15) is 9.75 Å². The molecule has 9 heteroatoms. The molecule has 2 aromatic rings. The summed E-state index contributed by atoms with van der Waals surface area (Å²) in [5, 5.41) is 0. The topological polar surface area (TPSA) is 83.6 Å². The Morgan fingerprint density at radius 3 is 2.21 bits per heavy atom. The van der Waals surface area contributed by atoms with Crippen LogP contribution in [-0.4, -0.2) is 37.2 Å². The Balaban J connectivity index is 1.77. The van der Waals surface area contributed by atoms with Crippen molar-refractivity contribution in [1.82, 2.24) is 9.62 Å². The fourth-order valence-corrected chi connectivity index (χ4v) is 5.67. The first-order valence-electron chi connectivity index (χ1n) is 9.10. The molecule has 1 aliphatic heterocycles. The molecule has 0 bridgehead atoms. The molecule has 1 saturated heterocycles. The minimum Gasteiger partial charge on any atom is -0.324 e. The number of hydrogen-bond donors (Lipinski definition) is 1. The third-order valence-corrected chi connectivity index (χ3v) is 8.24. The maximum absolute atomic E-state index is 12.9. The van der Waals surface area contributed by atoms with Crippen molar-refractivity contribution in [2.24, 2.45) is 0 Å². The van der Waals surface area contributed by atoms with Gasteiger partial charge in [0.05, 0.1) is 4.34 Å². The highest BCUT2D eigenvalue weighted by Gasteiger charge is 2.50. The maximum atomic E-state index is 12.9. The number of carbonyl (C=O) groups excluding carboxylic acids is 2. The standard InChI is InChI=1S/C20H23ClN2O4S2/c1-19(2,3)14-7-5-13(6-8-14)17(24)23-12-11-20(23,4)18(25)22-29(26,27)16-10-9-15(21)28-16/h5-10H,11-12H2,1-4H3,(H,22,25). The van der Waals surface area contributed by atoms with Crippen molar-refractivity contribution in [2.75, 3.05) is 6.54 Å². The highest BCUT2D eigenvalue weighted by atomic mass is 35.5. The average Bonchev–Trinajstić information content (AvgIpc) is 3.06. The zero-order chi connectivity index (χ0) is 21.6. The summed E-state index contributed by atoms with van der Waals surface area (Å²) < 4.78 is 27.2. The Morgan fingerprint density at radius 2 is 1.76 bits per heavy atom. The number of nitrogens with zero attached hydrogens (tertiary/aromatic N) is 1. The van der Waals surface area contributed by atoms with Gasteiger partial charge in [-0.05, 0) is 48.6 Å². The zero-order valence-electron chi connectivity index (χ0n) is 16.7. The van der Waals surface area contributed by atoms with Gasteiger partial charge in [0.2, 0.25) is 0 Å². The molecule has 2 amide bonds. The molecule has 1 fully saturated rings. The van der Waals surface area contributed by atoms with E-state index in [9.17, 15) is 18.0 Å². The van der Waals surface area contributed by atoms with Crippen LogP contribution in [0, 0.1) is 0 Å². The van der Waals surface area contributed by atoms with Gasteiger partial charge in [0, 0.05) is 12.1 Å². The summed E-state index contributed by atoms with van der Waals surface area (Å²) in [7, 11) is -4.04. The summed E-state index contributed by atoms with van der Waals surface area (Å²) in [6, 6.07) is 10.1. The number of amides is 2. The molecule has 1 aromatic heterocycles. The predicted octanol–water partition coefficient (Wildman–Crippen LogP) is 3.81. The van der Waals surface area contributed by atoms with E-state index in [1.165, 1.54) is 17.0 Å². The summed E-state index contributed by atoms with van der Waals surface area (Å²) in [4.78, 5) is 27.1. The second-order valence-electron chi connectivity index (χ2n) is 8.30. The largest absolute Gasteiger partial charge is 0.324 e. The van der Waals surface area contributed by atoms with Crippen LogP contribution in [0.4, 0.5) is 0 Å². The van der Waals surface area contributed by atoms with Crippen LogP contribution in [0.15, 0.2) is 40.6 Å². The fourth-order valence-electron chi connectivity index (χ4n) is 3.11. The van der Waals surface area contributed by atoms with Gasteiger partial charge in [-0.2, -0.15) is 0 Å². The van der Waals surface area contributed by atoms with Crippen molar-refractivity contribution in [2.45, 2.75) is 49.3 Å². The third kappa shape index (κ3) is 4.20. The highest BCUT2D eigenvalue weighted by molar-refractivity contribution is 7.92. The molecule has 0 radical (unpaired) electrons. The number of nitrogens with one attached hydrogen (secondary N) is 1. The fraction of sp³-hybridized carbons (Fsp3) is 0.400. The Morgan fingerprint density at radius 1 is 1.14 bits per heavy atom. The van der Waals surface area contributed by atoms with Crippen molar-refractivity contribution in [3.05, 3.63) is 51.9 Å². The van der Waals surface area contributed by atoms with Crippen molar-refractivity contribution in [1.29, 1.82) is 0 Å². The first-order valence-corrected chi connectivity index (χ1v) is 11.8. The average molecular weight is 455 g/mol. The van der Waals surface area contributed by atoms with Crippen LogP contribution in [0.3, 0.4) is 0 Å². The van der Waals surface area contributed by atoms with E-state index >= 15 is 0 Å². The van der Waals surface area contributed by atoms with E-state index < -0.39 is 21.5 Å². The van der Waals surface area contributed by atoms with Crippen molar-refractivity contribution < 1.29 is 18.0 Å². The lowest BCUT2D eigenvalue weighted by atomic mass is 9.84. The number of halogens is 1. The first kappa shape index (κ1) is 21.8. The van der Waals surface area contributed by atoms with Crippen molar-refractivity contribution >= 4 is 44.8 Å². The molecular formula is C20H23ClN2O4S2. The third-order valence-electron chi connectivity index (χ3n) is 5.19. The molecule has 1 N–H and O–H groups in total. The second-order valence-corrected chi connectivity index (χ2v) is 11.9. The van der Waals surface area contributed by atoms with E-state index in [4.69, 9.17) is 11.6 Å². The lowest BCUT2D eigenvalue weighted by molar-refractivity contribution is -0.135. The number of rotatable bonds is 4. The normalized spacial score (nSPS) is 19.6. The van der Waals surface area contributed by atoms with Crippen LogP contribution in [0.25, 0.3) is 0 Å². The predicted molar refractivity (Wildman–Crippen MR) is 114 cm³/mol. The Bertz CT molecular complexity index is 1050. The SMILES string of the molecule is CC(C)(C)c1ccc(C(=O)N2CCC2(C)C(=O)NS(=O)(=O)c2ccc(Cl)s2)cc1. The Labute approximate surface area is 179 Å². The summed E-state index contributed by atoms with van der Waals surface area (Å²) in [5.41, 5.74) is 0.295. The van der Waals surface area contributed by atoms with Gasteiger partial charge in [-0.1, -0.05) is 44.5 Å². The number of thiophene rings is 1. The van der Waals surface area contributed by atoms with Gasteiger partial charge in [-0.15, -0.1) is 11.3 Å². The van der Waals surface area contributed by atoms with Gasteiger partial charge in [0.25, 0.3) is 21.8 Å². The van der Waals surface area contributed by atoms with Gasteiger partial charge in [-0.3, -0.25) is 9.59 Å². The molecule has 1 atom stereocenters. The van der Waals surface area contributed by atoms with Crippen molar-refractivity contribution in [3.8, 4) is 0 Å². The van der Waals surface area contributed by atoms with Gasteiger partial charge >= 0.3 is 0 Å². The molecule has 2 heterocycles. The molecule has 0 saturated carbocycles. The maximum Gasteiger partial charge on any atom is 0.273 e. The molecule has 1 aliphatic rings. The van der Waals surface area contributed by atoms with Gasteiger partial charge in [0.15, 0.2) is 0 Å². The number of carbonyl (C=O) groups is 2. The molecule has 1 unspecified atom stereocenters. The van der Waals surface area contributed by atoms with E-state index in [1.807, 2.05) is 12.1 Å². The number of likely N-dealkylation sites (tertiary alicyclic amines) is 1. The monoisotopic (exact) mass is 454 g/mol. The van der Waals surface area contributed by atoms with E-state index in [0.29, 0.717) is 22.9 Å². The molecule has 0 aliphatic carbocycles. The second kappa shape index (κ2) is 7.41. The molecule has 29 heavy (non-hydrogen) atoms. The summed E-state index contributed by atoms with van der Waals surface area (Å²) >= 11 is 6.65. The molecular weight excluding hydrogens is 432 g/mol. The van der Waals surface area contributed by atoms with E-state index in [2.05, 4.69) is 25.5 Å². The minimum absolute atomic E-state index is 0.0359. The molecule has 1 aromatic carbocycles. The van der Waals surface area contributed by atoms with Crippen LogP contribution in [0.5, 0.6) is 0 Å². The smallest absolute Gasteiger partial charge is 0.273 e. The minimum atomic E-state index is -4.04. The summed E-state index contributed by atoms with van der Waals surface area (Å²) in [6.45, 7) is 8.21. The number of benzene rings is 1. The summed E-state index contributed by atoms with van der Waals surface area (Å²) in [5.74, 6) is -1.03. The van der Waals surface area contributed by atoms with Crippen LogP contribution >= 0.6 is 22.9 Å².